The molecule has 2 aromatic carbocycles. The van der Waals surface area contributed by atoms with E-state index in [1.165, 1.54) is 0 Å². The van der Waals surface area contributed by atoms with Crippen molar-refractivity contribution in [2.75, 3.05) is 5.32 Å². The maximum atomic E-state index is 12.0. The van der Waals surface area contributed by atoms with Crippen molar-refractivity contribution in [2.24, 2.45) is 0 Å². The minimum atomic E-state index is -1.86. The summed E-state index contributed by atoms with van der Waals surface area (Å²) in [4.78, 5) is 12.0. The molecule has 0 bridgehead atoms. The first-order valence-corrected chi connectivity index (χ1v) is 10.2. The third kappa shape index (κ3) is 8.27. The lowest BCUT2D eigenvalue weighted by atomic mass is 10.2. The number of benzene rings is 2. The largest absolute Gasteiger partial charge is 0.445 e. The summed E-state index contributed by atoms with van der Waals surface area (Å²) < 4.78 is 4.36. The fourth-order valence-electron chi connectivity index (χ4n) is 1.91. The molecule has 1 atom stereocenters. The molecule has 0 aromatic heterocycles. The third-order valence-corrected chi connectivity index (χ3v) is 4.77. The molecule has 0 aliphatic rings. The maximum absolute atomic E-state index is 12.0. The minimum absolute atomic E-state index is 0.0879. The van der Waals surface area contributed by atoms with E-state index in [0.29, 0.717) is 0 Å². The zero-order chi connectivity index (χ0) is 19.9. The van der Waals surface area contributed by atoms with Crippen LogP contribution in [-0.2, 0) is 11.3 Å². The van der Waals surface area contributed by atoms with Gasteiger partial charge in [0.25, 0.3) is 0 Å². The smallest absolute Gasteiger partial charge is 0.409 e. The van der Waals surface area contributed by atoms with Crippen molar-refractivity contribution >= 4 is 86.5 Å². The number of carbonyl (C=O) groups excluding carboxylic acids is 1. The molecule has 2 rings (SSSR count). The molecular formula is C17H15Cl3IN3O2S. The number of alkyl halides is 3. The fourth-order valence-corrected chi connectivity index (χ4v) is 2.84. The van der Waals surface area contributed by atoms with Crippen LogP contribution in [0.4, 0.5) is 10.5 Å². The first-order valence-electron chi connectivity index (χ1n) is 7.61. The van der Waals surface area contributed by atoms with E-state index in [4.69, 9.17) is 51.8 Å². The maximum Gasteiger partial charge on any atom is 0.409 e. The van der Waals surface area contributed by atoms with E-state index in [2.05, 4.69) is 38.5 Å². The number of thiocarbonyl (C=S) groups is 1. The number of anilines is 1. The van der Waals surface area contributed by atoms with Gasteiger partial charge < -0.3 is 15.4 Å². The third-order valence-electron chi connectivity index (χ3n) is 3.18. The molecule has 144 valence electrons. The predicted octanol–water partition coefficient (Wildman–Crippen LogP) is 5.20. The van der Waals surface area contributed by atoms with E-state index >= 15 is 0 Å². The number of amides is 1. The number of nitrogens with one attached hydrogen (secondary N) is 3. The average molecular weight is 559 g/mol. The molecule has 0 heterocycles. The lowest BCUT2D eigenvalue weighted by molar-refractivity contribution is 0.135. The van der Waals surface area contributed by atoms with Crippen molar-refractivity contribution in [1.82, 2.24) is 10.6 Å². The fraction of sp³-hybridized carbons (Fsp3) is 0.176. The van der Waals surface area contributed by atoms with Gasteiger partial charge in [0.15, 0.2) is 11.3 Å². The van der Waals surface area contributed by atoms with Gasteiger partial charge in [-0.15, -0.1) is 0 Å². The Morgan fingerprint density at radius 3 is 2.30 bits per heavy atom. The second kappa shape index (κ2) is 10.5. The topological polar surface area (TPSA) is 62.4 Å². The van der Waals surface area contributed by atoms with Gasteiger partial charge in [-0.2, -0.15) is 0 Å². The molecule has 27 heavy (non-hydrogen) atoms. The second-order valence-electron chi connectivity index (χ2n) is 5.29. The van der Waals surface area contributed by atoms with Crippen LogP contribution in [0.3, 0.4) is 0 Å². The highest BCUT2D eigenvalue weighted by atomic mass is 127. The van der Waals surface area contributed by atoms with E-state index in [0.717, 1.165) is 14.8 Å². The molecule has 0 aliphatic heterocycles. The normalized spacial score (nSPS) is 12.0. The van der Waals surface area contributed by atoms with Gasteiger partial charge in [0.1, 0.15) is 6.61 Å². The van der Waals surface area contributed by atoms with Crippen LogP contribution >= 0.6 is 69.6 Å². The van der Waals surface area contributed by atoms with Gasteiger partial charge in [-0.05, 0) is 64.6 Å². The van der Waals surface area contributed by atoms with Gasteiger partial charge in [0.05, 0.1) is 0 Å². The number of ether oxygens (including phenoxy) is 1. The Balaban J connectivity index is 1.91. The molecule has 0 unspecified atom stereocenters. The van der Waals surface area contributed by atoms with Crippen molar-refractivity contribution in [2.45, 2.75) is 16.6 Å². The SMILES string of the molecule is O=C(N[C@@H](NC(=S)Nc1ccc(I)cc1)C(Cl)(Cl)Cl)OCc1ccccc1. The molecule has 0 saturated heterocycles. The second-order valence-corrected chi connectivity index (χ2v) is 9.31. The van der Waals surface area contributed by atoms with Crippen LogP contribution in [-0.4, -0.2) is 21.2 Å². The van der Waals surface area contributed by atoms with Crippen molar-refractivity contribution in [3.8, 4) is 0 Å². The molecule has 5 nitrogen and oxygen atoms in total. The summed E-state index contributed by atoms with van der Waals surface area (Å²) in [5.41, 5.74) is 1.59. The van der Waals surface area contributed by atoms with Crippen molar-refractivity contribution in [3.63, 3.8) is 0 Å². The van der Waals surface area contributed by atoms with E-state index in [-0.39, 0.29) is 11.7 Å². The number of hydrogen-bond acceptors (Lipinski definition) is 3. The summed E-state index contributed by atoms with van der Waals surface area (Å²) in [5.74, 6) is 0. The van der Waals surface area contributed by atoms with Crippen molar-refractivity contribution in [1.29, 1.82) is 0 Å². The molecule has 1 amide bonds. The quantitative estimate of drug-likeness (QED) is 0.204. The Labute approximate surface area is 191 Å². The number of rotatable bonds is 5. The Bertz CT molecular complexity index is 773. The van der Waals surface area contributed by atoms with E-state index < -0.39 is 16.1 Å². The lowest BCUT2D eigenvalue weighted by Crippen LogP contribution is -2.56. The van der Waals surface area contributed by atoms with E-state index in [1.807, 2.05) is 54.6 Å². The Hall–Kier alpha value is -1.000. The summed E-state index contributed by atoms with van der Waals surface area (Å²) >= 11 is 25.2. The predicted molar refractivity (Wildman–Crippen MR) is 122 cm³/mol. The van der Waals surface area contributed by atoms with Crippen LogP contribution in [0, 0.1) is 3.57 Å². The van der Waals surface area contributed by atoms with E-state index in [1.54, 1.807) is 0 Å². The highest BCUT2D eigenvalue weighted by Gasteiger charge is 2.35. The Kier molecular flexibility index (Phi) is 8.68. The molecule has 0 fully saturated rings. The van der Waals surface area contributed by atoms with Crippen LogP contribution in [0.1, 0.15) is 5.56 Å². The van der Waals surface area contributed by atoms with Crippen LogP contribution in [0.5, 0.6) is 0 Å². The summed E-state index contributed by atoms with van der Waals surface area (Å²) in [6.45, 7) is 0.0879. The molecule has 0 radical (unpaired) electrons. The van der Waals surface area contributed by atoms with Gasteiger partial charge in [-0.3, -0.25) is 5.32 Å². The average Bonchev–Trinajstić information content (AvgIpc) is 2.61. The molecule has 0 saturated carbocycles. The highest BCUT2D eigenvalue weighted by Crippen LogP contribution is 2.29. The number of alkyl carbamates (subject to hydrolysis) is 1. The van der Waals surface area contributed by atoms with Crippen LogP contribution < -0.4 is 16.0 Å². The van der Waals surface area contributed by atoms with Gasteiger partial charge in [-0.1, -0.05) is 65.1 Å². The zero-order valence-electron chi connectivity index (χ0n) is 13.7. The van der Waals surface area contributed by atoms with Gasteiger partial charge in [-0.25, -0.2) is 4.79 Å². The number of halogens is 4. The summed E-state index contributed by atoms with van der Waals surface area (Å²) in [5, 5.41) is 8.34. The molecule has 10 heteroatoms. The Morgan fingerprint density at radius 2 is 1.70 bits per heavy atom. The van der Waals surface area contributed by atoms with E-state index in [9.17, 15) is 4.79 Å². The van der Waals surface area contributed by atoms with Crippen LogP contribution in [0.25, 0.3) is 0 Å². The lowest BCUT2D eigenvalue weighted by Gasteiger charge is -2.27. The first kappa shape index (κ1) is 22.3. The summed E-state index contributed by atoms with van der Waals surface area (Å²) in [6, 6.07) is 16.7. The molecule has 3 N–H and O–H groups in total. The highest BCUT2D eigenvalue weighted by molar-refractivity contribution is 14.1. The monoisotopic (exact) mass is 557 g/mol. The van der Waals surface area contributed by atoms with Gasteiger partial charge in [0, 0.05) is 9.26 Å². The molecule has 2 aromatic rings. The Morgan fingerprint density at radius 1 is 1.07 bits per heavy atom. The van der Waals surface area contributed by atoms with Crippen molar-refractivity contribution < 1.29 is 9.53 Å². The number of carbonyl (C=O) groups is 1. The van der Waals surface area contributed by atoms with Gasteiger partial charge >= 0.3 is 6.09 Å². The zero-order valence-corrected chi connectivity index (χ0v) is 19.0. The molecule has 0 spiro atoms. The van der Waals surface area contributed by atoms with Crippen LogP contribution in [0.15, 0.2) is 54.6 Å². The minimum Gasteiger partial charge on any atom is -0.445 e. The summed E-state index contributed by atoms with van der Waals surface area (Å²) in [6.07, 6.45) is -1.85. The summed E-state index contributed by atoms with van der Waals surface area (Å²) in [7, 11) is 0. The number of hydrogen-bond donors (Lipinski definition) is 3. The van der Waals surface area contributed by atoms with Gasteiger partial charge in [0.2, 0.25) is 3.79 Å². The standard InChI is InChI=1S/C17H15Cl3IN3O2S/c18-17(19,20)14(23-15(27)22-13-8-6-12(21)7-9-13)24-16(25)26-10-11-4-2-1-3-5-11/h1-9,14H,10H2,(H,24,25)(H2,22,23,27)/t14-/m1/s1. The first-order chi connectivity index (χ1) is 12.7. The molecular weight excluding hydrogens is 544 g/mol. The molecule has 0 aliphatic carbocycles. The van der Waals surface area contributed by atoms with Crippen molar-refractivity contribution in [3.05, 3.63) is 63.7 Å². The van der Waals surface area contributed by atoms with Crippen LogP contribution in [0.2, 0.25) is 0 Å².